The molecule has 5 aromatic rings. The number of hydrogen-bond donors (Lipinski definition) is 0. The minimum atomic E-state index is -3.63. The maximum atomic E-state index is 13.9. The van der Waals surface area contributed by atoms with E-state index in [1.807, 2.05) is 101 Å². The second-order valence-corrected chi connectivity index (χ2v) is 12.3. The highest BCUT2D eigenvalue weighted by molar-refractivity contribution is 7.89. The van der Waals surface area contributed by atoms with Gasteiger partial charge in [-0.2, -0.15) is 9.40 Å². The predicted molar refractivity (Wildman–Crippen MR) is 159 cm³/mol. The molecule has 10 heteroatoms. The Morgan fingerprint density at radius 1 is 0.854 bits per heavy atom. The predicted octanol–water partition coefficient (Wildman–Crippen LogP) is 4.66. The molecule has 0 spiro atoms. The SMILES string of the molecule is COc1ccc(CN(Cc2ccc(OC)cc2)S(=O)(=O)C2CN(c3cc4nn(-c5ccccc5)cc4cn3)C2)cc1. The third-order valence-corrected chi connectivity index (χ3v) is 9.50. The number of anilines is 1. The third-order valence-electron chi connectivity index (χ3n) is 7.38. The van der Waals surface area contributed by atoms with E-state index in [-0.39, 0.29) is 13.1 Å². The molecule has 0 atom stereocenters. The van der Waals surface area contributed by atoms with Crippen molar-refractivity contribution < 1.29 is 17.9 Å². The van der Waals surface area contributed by atoms with Gasteiger partial charge in [0.1, 0.15) is 22.6 Å². The van der Waals surface area contributed by atoms with Crippen LogP contribution < -0.4 is 14.4 Å². The maximum Gasteiger partial charge on any atom is 0.221 e. The van der Waals surface area contributed by atoms with Crippen LogP contribution in [0.5, 0.6) is 11.5 Å². The molecule has 1 saturated heterocycles. The summed E-state index contributed by atoms with van der Waals surface area (Å²) in [6, 6.07) is 26.8. The number of benzene rings is 3. The van der Waals surface area contributed by atoms with E-state index in [1.165, 1.54) is 0 Å². The molecule has 1 aliphatic rings. The first-order chi connectivity index (χ1) is 19.9. The van der Waals surface area contributed by atoms with Crippen LogP contribution in [0.1, 0.15) is 11.1 Å². The summed E-state index contributed by atoms with van der Waals surface area (Å²) in [4.78, 5) is 6.59. The van der Waals surface area contributed by atoms with Gasteiger partial charge >= 0.3 is 0 Å². The van der Waals surface area contributed by atoms with E-state index in [0.29, 0.717) is 13.1 Å². The van der Waals surface area contributed by atoms with Gasteiger partial charge in [-0.1, -0.05) is 42.5 Å². The summed E-state index contributed by atoms with van der Waals surface area (Å²) >= 11 is 0. The summed E-state index contributed by atoms with van der Waals surface area (Å²) in [7, 11) is -0.405. The molecule has 6 rings (SSSR count). The average molecular weight is 570 g/mol. The lowest BCUT2D eigenvalue weighted by Crippen LogP contribution is -2.58. The lowest BCUT2D eigenvalue weighted by atomic mass is 10.2. The molecule has 0 saturated carbocycles. The van der Waals surface area contributed by atoms with Gasteiger partial charge in [0.05, 0.1) is 25.4 Å². The van der Waals surface area contributed by atoms with Crippen molar-refractivity contribution in [2.45, 2.75) is 18.3 Å². The minimum absolute atomic E-state index is 0.260. The zero-order chi connectivity index (χ0) is 28.4. The Hall–Kier alpha value is -4.41. The van der Waals surface area contributed by atoms with Crippen LogP contribution in [0.15, 0.2) is 97.3 Å². The Kier molecular flexibility index (Phi) is 7.34. The number of pyridine rings is 1. The van der Waals surface area contributed by atoms with E-state index in [4.69, 9.17) is 14.6 Å². The zero-order valence-electron chi connectivity index (χ0n) is 22.9. The molecule has 41 heavy (non-hydrogen) atoms. The summed E-state index contributed by atoms with van der Waals surface area (Å²) in [5.41, 5.74) is 3.56. The highest BCUT2D eigenvalue weighted by atomic mass is 32.2. The lowest BCUT2D eigenvalue weighted by Gasteiger charge is -2.41. The van der Waals surface area contributed by atoms with Gasteiger partial charge in [-0.15, -0.1) is 0 Å². The summed E-state index contributed by atoms with van der Waals surface area (Å²) in [6.07, 6.45) is 3.74. The largest absolute Gasteiger partial charge is 0.497 e. The molecule has 3 aromatic carbocycles. The molecular formula is C31H31N5O4S. The highest BCUT2D eigenvalue weighted by Gasteiger charge is 2.41. The average Bonchev–Trinajstić information content (AvgIpc) is 3.41. The Balaban J connectivity index is 1.20. The van der Waals surface area contributed by atoms with Crippen LogP contribution in [0.25, 0.3) is 16.6 Å². The Labute approximate surface area is 239 Å². The second-order valence-electron chi connectivity index (χ2n) is 10.0. The molecule has 0 amide bonds. The first-order valence-corrected chi connectivity index (χ1v) is 14.8. The van der Waals surface area contributed by atoms with Crippen LogP contribution >= 0.6 is 0 Å². The molecule has 0 N–H and O–H groups in total. The molecule has 9 nitrogen and oxygen atoms in total. The number of aromatic nitrogens is 3. The number of rotatable bonds is 10. The van der Waals surface area contributed by atoms with Crippen molar-refractivity contribution >= 4 is 26.7 Å². The third kappa shape index (κ3) is 5.61. The zero-order valence-corrected chi connectivity index (χ0v) is 23.7. The Morgan fingerprint density at radius 2 is 1.44 bits per heavy atom. The van der Waals surface area contributed by atoms with Crippen molar-refractivity contribution in [1.29, 1.82) is 0 Å². The minimum Gasteiger partial charge on any atom is -0.497 e. The fourth-order valence-electron chi connectivity index (χ4n) is 4.92. The van der Waals surface area contributed by atoms with E-state index < -0.39 is 15.3 Å². The summed E-state index contributed by atoms with van der Waals surface area (Å²) < 4.78 is 41.8. The van der Waals surface area contributed by atoms with E-state index in [1.54, 1.807) is 24.7 Å². The van der Waals surface area contributed by atoms with Crippen LogP contribution in [0.4, 0.5) is 5.82 Å². The van der Waals surface area contributed by atoms with Crippen molar-refractivity contribution in [3.63, 3.8) is 0 Å². The number of sulfonamides is 1. The van der Waals surface area contributed by atoms with Gasteiger partial charge in [0, 0.05) is 50.0 Å². The number of methoxy groups -OCH3 is 2. The van der Waals surface area contributed by atoms with Crippen molar-refractivity contribution in [3.05, 3.63) is 108 Å². The lowest BCUT2D eigenvalue weighted by molar-refractivity contribution is 0.383. The van der Waals surface area contributed by atoms with Crippen molar-refractivity contribution in [2.24, 2.45) is 0 Å². The van der Waals surface area contributed by atoms with E-state index in [0.717, 1.165) is 45.0 Å². The van der Waals surface area contributed by atoms with Crippen molar-refractivity contribution in [2.75, 3.05) is 32.2 Å². The molecule has 210 valence electrons. The molecule has 1 aliphatic heterocycles. The number of nitrogens with zero attached hydrogens (tertiary/aromatic N) is 5. The van der Waals surface area contributed by atoms with Gasteiger partial charge < -0.3 is 14.4 Å². The molecule has 0 radical (unpaired) electrons. The number of para-hydroxylation sites is 1. The first kappa shape index (κ1) is 26.8. The fraction of sp³-hybridized carbons (Fsp3) is 0.226. The van der Waals surface area contributed by atoms with Gasteiger partial charge in [-0.25, -0.2) is 18.1 Å². The van der Waals surface area contributed by atoms with Crippen LogP contribution in [0.3, 0.4) is 0 Å². The smallest absolute Gasteiger partial charge is 0.221 e. The van der Waals surface area contributed by atoms with Crippen LogP contribution in [0.2, 0.25) is 0 Å². The van der Waals surface area contributed by atoms with Gasteiger partial charge in [-0.05, 0) is 47.5 Å². The molecule has 2 aromatic heterocycles. The Morgan fingerprint density at radius 3 is 2.00 bits per heavy atom. The van der Waals surface area contributed by atoms with Gasteiger partial charge in [0.25, 0.3) is 0 Å². The topological polar surface area (TPSA) is 89.8 Å². The highest BCUT2D eigenvalue weighted by Crippen LogP contribution is 2.29. The van der Waals surface area contributed by atoms with Crippen molar-refractivity contribution in [3.8, 4) is 17.2 Å². The molecular weight excluding hydrogens is 538 g/mol. The van der Waals surface area contributed by atoms with Crippen molar-refractivity contribution in [1.82, 2.24) is 19.1 Å². The van der Waals surface area contributed by atoms with Gasteiger partial charge in [0.15, 0.2) is 0 Å². The fourth-order valence-corrected chi connectivity index (χ4v) is 6.74. The van der Waals surface area contributed by atoms with E-state index in [9.17, 15) is 8.42 Å². The van der Waals surface area contributed by atoms with Crippen LogP contribution in [-0.2, 0) is 23.1 Å². The number of hydrogen-bond acceptors (Lipinski definition) is 7. The number of fused-ring (bicyclic) bond motifs is 1. The second kappa shape index (κ2) is 11.2. The molecule has 0 bridgehead atoms. The molecule has 0 aliphatic carbocycles. The molecule has 0 unspecified atom stereocenters. The first-order valence-electron chi connectivity index (χ1n) is 13.3. The standard InChI is InChI=1S/C31H31N5O4S/c1-39-27-12-8-23(9-13-27)18-35(19-24-10-14-28(40-2)15-11-24)41(37,38)29-21-34(22-29)31-16-30-25(17-32-31)20-36(33-30)26-6-4-3-5-7-26/h3-17,20,29H,18-19,21-22H2,1-2H3. The number of ether oxygens (including phenoxy) is 2. The van der Waals surface area contributed by atoms with Crippen LogP contribution in [-0.4, -0.2) is 60.0 Å². The molecule has 3 heterocycles. The molecule has 1 fully saturated rings. The summed E-state index contributed by atoms with van der Waals surface area (Å²) in [5.74, 6) is 2.18. The van der Waals surface area contributed by atoms with E-state index in [2.05, 4.69) is 4.98 Å². The van der Waals surface area contributed by atoms with E-state index >= 15 is 0 Å². The monoisotopic (exact) mass is 569 g/mol. The quantitative estimate of drug-likeness (QED) is 0.242. The van der Waals surface area contributed by atoms with Crippen LogP contribution in [0, 0.1) is 0 Å². The van der Waals surface area contributed by atoms with Gasteiger partial charge in [-0.3, -0.25) is 0 Å². The van der Waals surface area contributed by atoms with Gasteiger partial charge in [0.2, 0.25) is 10.0 Å². The maximum absolute atomic E-state index is 13.9. The summed E-state index contributed by atoms with van der Waals surface area (Å²) in [5, 5.41) is 5.08. The normalized spacial score (nSPS) is 13.9. The summed E-state index contributed by atoms with van der Waals surface area (Å²) in [6.45, 7) is 1.25. The Bertz CT molecular complexity index is 1680.